The third-order valence-corrected chi connectivity index (χ3v) is 2.32. The van der Waals surface area contributed by atoms with Crippen molar-refractivity contribution in [3.8, 4) is 0 Å². The number of fused-ring (bicyclic) bond motifs is 1. The second-order valence-electron chi connectivity index (χ2n) is 3.52. The van der Waals surface area contributed by atoms with Crippen LogP contribution < -0.4 is 0 Å². The van der Waals surface area contributed by atoms with Gasteiger partial charge < -0.3 is 0 Å². The lowest BCUT2D eigenvalue weighted by atomic mass is 10.0. The summed E-state index contributed by atoms with van der Waals surface area (Å²) >= 11 is 0. The van der Waals surface area contributed by atoms with Gasteiger partial charge in [-0.3, -0.25) is 4.79 Å². The number of benzene rings is 2. The van der Waals surface area contributed by atoms with Crippen LogP contribution in [0.4, 0.5) is 0 Å². The van der Waals surface area contributed by atoms with Gasteiger partial charge in [-0.2, -0.15) is 0 Å². The van der Waals surface area contributed by atoms with Gasteiger partial charge in [-0.1, -0.05) is 56.3 Å². The van der Waals surface area contributed by atoms with Crippen molar-refractivity contribution >= 4 is 16.6 Å². The molecular weight excluding hydrogens is 196 g/mol. The van der Waals surface area contributed by atoms with Crippen LogP contribution >= 0.6 is 0 Å². The molecule has 0 heterocycles. The molecule has 16 heavy (non-hydrogen) atoms. The van der Waals surface area contributed by atoms with Crippen LogP contribution in [0, 0.1) is 0 Å². The van der Waals surface area contributed by atoms with Crippen LogP contribution in [0.15, 0.2) is 42.5 Å². The number of rotatable bonds is 2. The van der Waals surface area contributed by atoms with Gasteiger partial charge >= 0.3 is 0 Å². The zero-order valence-electron chi connectivity index (χ0n) is 10.2. The van der Waals surface area contributed by atoms with E-state index in [9.17, 15) is 4.79 Å². The minimum absolute atomic E-state index is 0.210. The summed E-state index contributed by atoms with van der Waals surface area (Å²) in [5.41, 5.74) is 1.12. The maximum absolute atomic E-state index is 11.1. The molecule has 0 aliphatic carbocycles. The van der Waals surface area contributed by atoms with E-state index in [0.29, 0.717) is 6.42 Å². The molecule has 1 nitrogen and oxygen atoms in total. The molecule has 2 rings (SSSR count). The van der Waals surface area contributed by atoms with E-state index >= 15 is 0 Å². The molecule has 0 atom stereocenters. The zero-order valence-corrected chi connectivity index (χ0v) is 10.2. The summed E-state index contributed by atoms with van der Waals surface area (Å²) < 4.78 is 0. The van der Waals surface area contributed by atoms with Gasteiger partial charge in [0, 0.05) is 6.42 Å². The number of carbonyl (C=O) groups is 1. The van der Waals surface area contributed by atoms with Gasteiger partial charge in [-0.15, -0.1) is 0 Å². The number of ketones is 1. The Hall–Kier alpha value is -1.63. The Morgan fingerprint density at radius 2 is 1.62 bits per heavy atom. The van der Waals surface area contributed by atoms with E-state index < -0.39 is 0 Å². The quantitative estimate of drug-likeness (QED) is 0.738. The highest BCUT2D eigenvalue weighted by Gasteiger charge is 2.01. The standard InChI is InChI=1S/C13H12O.C2H6/c1-10(14)9-12-7-4-6-11-5-2-3-8-13(11)12;1-2/h2-8H,9H2,1H3;1-2H3. The highest BCUT2D eigenvalue weighted by Crippen LogP contribution is 2.18. The molecule has 0 saturated carbocycles. The van der Waals surface area contributed by atoms with E-state index in [4.69, 9.17) is 0 Å². The van der Waals surface area contributed by atoms with Crippen LogP contribution in [-0.4, -0.2) is 5.78 Å². The summed E-state index contributed by atoms with van der Waals surface area (Å²) in [6.45, 7) is 5.63. The first kappa shape index (κ1) is 12.4. The SMILES string of the molecule is CC.CC(=O)Cc1cccc2ccccc12. The second-order valence-corrected chi connectivity index (χ2v) is 3.52. The molecule has 0 radical (unpaired) electrons. The first-order chi connectivity index (χ1) is 7.77. The third-order valence-electron chi connectivity index (χ3n) is 2.32. The Kier molecular flexibility index (Phi) is 4.71. The minimum Gasteiger partial charge on any atom is -0.300 e. The lowest BCUT2D eigenvalue weighted by Gasteiger charge is -2.03. The predicted octanol–water partition coefficient (Wildman–Crippen LogP) is 4.00. The molecule has 2 aromatic carbocycles. The van der Waals surface area contributed by atoms with Gasteiger partial charge in [0.25, 0.3) is 0 Å². The fourth-order valence-corrected chi connectivity index (χ4v) is 1.71. The summed E-state index contributed by atoms with van der Waals surface area (Å²) in [6.07, 6.45) is 0.529. The molecule has 0 aliphatic heterocycles. The lowest BCUT2D eigenvalue weighted by Crippen LogP contribution is -1.96. The van der Waals surface area contributed by atoms with Gasteiger partial charge in [0.15, 0.2) is 0 Å². The van der Waals surface area contributed by atoms with Gasteiger partial charge in [-0.05, 0) is 23.3 Å². The van der Waals surface area contributed by atoms with Gasteiger partial charge in [0.2, 0.25) is 0 Å². The lowest BCUT2D eigenvalue weighted by molar-refractivity contribution is -0.116. The van der Waals surface area contributed by atoms with E-state index in [1.807, 2.05) is 38.1 Å². The molecule has 0 saturated heterocycles. The Morgan fingerprint density at radius 1 is 1.00 bits per heavy atom. The van der Waals surface area contributed by atoms with Crippen molar-refractivity contribution in [1.82, 2.24) is 0 Å². The van der Waals surface area contributed by atoms with Crippen molar-refractivity contribution in [2.45, 2.75) is 27.2 Å². The highest BCUT2D eigenvalue weighted by atomic mass is 16.1. The maximum atomic E-state index is 11.1. The summed E-state index contributed by atoms with van der Waals surface area (Å²) in [6, 6.07) is 14.2. The first-order valence-corrected chi connectivity index (χ1v) is 5.73. The second kappa shape index (κ2) is 6.06. The van der Waals surface area contributed by atoms with E-state index in [1.54, 1.807) is 6.92 Å². The predicted molar refractivity (Wildman–Crippen MR) is 69.7 cm³/mol. The van der Waals surface area contributed by atoms with Crippen molar-refractivity contribution in [2.24, 2.45) is 0 Å². The summed E-state index contributed by atoms with van der Waals surface area (Å²) in [5.74, 6) is 0.210. The molecule has 0 amide bonds. The van der Waals surface area contributed by atoms with Crippen molar-refractivity contribution in [3.63, 3.8) is 0 Å². The van der Waals surface area contributed by atoms with E-state index in [1.165, 1.54) is 10.8 Å². The normalized spacial score (nSPS) is 9.44. The molecule has 0 fully saturated rings. The van der Waals surface area contributed by atoms with Crippen molar-refractivity contribution in [1.29, 1.82) is 0 Å². The summed E-state index contributed by atoms with van der Waals surface area (Å²) in [7, 11) is 0. The molecule has 0 unspecified atom stereocenters. The minimum atomic E-state index is 0.210. The van der Waals surface area contributed by atoms with Crippen LogP contribution in [-0.2, 0) is 11.2 Å². The summed E-state index contributed by atoms with van der Waals surface area (Å²) in [4.78, 5) is 11.1. The Bertz CT molecular complexity index is 466. The molecule has 2 aromatic rings. The molecule has 0 aromatic heterocycles. The van der Waals surface area contributed by atoms with Gasteiger partial charge in [0.1, 0.15) is 5.78 Å². The average Bonchev–Trinajstić information content (AvgIpc) is 2.31. The van der Waals surface area contributed by atoms with Crippen LogP contribution in [0.3, 0.4) is 0 Å². The number of hydrogen-bond acceptors (Lipinski definition) is 1. The molecule has 0 bridgehead atoms. The smallest absolute Gasteiger partial charge is 0.134 e. The number of hydrogen-bond donors (Lipinski definition) is 0. The van der Waals surface area contributed by atoms with Crippen molar-refractivity contribution in [3.05, 3.63) is 48.0 Å². The fraction of sp³-hybridized carbons (Fsp3) is 0.267. The van der Waals surface area contributed by atoms with Crippen LogP contribution in [0.1, 0.15) is 26.3 Å². The maximum Gasteiger partial charge on any atom is 0.134 e. The topological polar surface area (TPSA) is 17.1 Å². The van der Waals surface area contributed by atoms with E-state index in [2.05, 4.69) is 18.2 Å². The third kappa shape index (κ3) is 2.93. The fourth-order valence-electron chi connectivity index (χ4n) is 1.71. The van der Waals surface area contributed by atoms with Gasteiger partial charge in [-0.25, -0.2) is 0 Å². The van der Waals surface area contributed by atoms with Crippen LogP contribution in [0.2, 0.25) is 0 Å². The van der Waals surface area contributed by atoms with Crippen molar-refractivity contribution in [2.75, 3.05) is 0 Å². The highest BCUT2D eigenvalue weighted by molar-refractivity contribution is 5.90. The van der Waals surface area contributed by atoms with E-state index in [-0.39, 0.29) is 5.78 Å². The first-order valence-electron chi connectivity index (χ1n) is 5.73. The molecule has 0 spiro atoms. The molecule has 1 heteroatoms. The Balaban J connectivity index is 0.000000606. The largest absolute Gasteiger partial charge is 0.300 e. The van der Waals surface area contributed by atoms with Crippen molar-refractivity contribution < 1.29 is 4.79 Å². The Morgan fingerprint density at radius 3 is 2.31 bits per heavy atom. The molecule has 0 N–H and O–H groups in total. The molecular formula is C15H18O. The summed E-state index contributed by atoms with van der Waals surface area (Å²) in [5, 5.41) is 2.39. The van der Waals surface area contributed by atoms with E-state index in [0.717, 1.165) is 5.56 Å². The Labute approximate surface area is 97.1 Å². The molecule has 0 aliphatic rings. The van der Waals surface area contributed by atoms with Crippen LogP contribution in [0.25, 0.3) is 10.8 Å². The molecule has 84 valence electrons. The van der Waals surface area contributed by atoms with Gasteiger partial charge in [0.05, 0.1) is 0 Å². The number of carbonyl (C=O) groups excluding carboxylic acids is 1. The van der Waals surface area contributed by atoms with Crippen LogP contribution in [0.5, 0.6) is 0 Å². The zero-order chi connectivity index (χ0) is 12.0. The number of Topliss-reactive ketones (excluding diaryl/α,β-unsaturated/α-hetero) is 1. The average molecular weight is 214 g/mol. The monoisotopic (exact) mass is 214 g/mol.